The molecule has 0 radical (unpaired) electrons. The number of amides is 1. The van der Waals surface area contributed by atoms with Gasteiger partial charge in [0, 0.05) is 37.0 Å². The Morgan fingerprint density at radius 1 is 1.13 bits per heavy atom. The van der Waals surface area contributed by atoms with Gasteiger partial charge in [0.2, 0.25) is 5.91 Å². The lowest BCUT2D eigenvalue weighted by Gasteiger charge is -2.35. The molecule has 1 saturated heterocycles. The summed E-state index contributed by atoms with van der Waals surface area (Å²) in [6.45, 7) is 3.69. The molecule has 1 aliphatic heterocycles. The molecule has 2 aromatic carbocycles. The second-order valence-corrected chi connectivity index (χ2v) is 7.94. The number of aryl methyl sites for hydroxylation is 2. The average Bonchev–Trinajstić information content (AvgIpc) is 3.20. The number of aromatic nitrogens is 2. The van der Waals surface area contributed by atoms with E-state index in [-0.39, 0.29) is 11.9 Å². The summed E-state index contributed by atoms with van der Waals surface area (Å²) in [4.78, 5) is 19.6. The molecule has 0 aliphatic carbocycles. The van der Waals surface area contributed by atoms with Gasteiger partial charge in [-0.15, -0.1) is 0 Å². The van der Waals surface area contributed by atoms with Crippen LogP contribution in [0.4, 0.5) is 0 Å². The number of carbonyl (C=O) groups excluding carboxylic acids is 1. The molecule has 30 heavy (non-hydrogen) atoms. The number of nitrogens with zero attached hydrogens (tertiary/aromatic N) is 3. The minimum absolute atomic E-state index is 0.231. The Bertz CT molecular complexity index is 979. The van der Waals surface area contributed by atoms with Crippen LogP contribution in [-0.4, -0.2) is 40.6 Å². The summed E-state index contributed by atoms with van der Waals surface area (Å²) in [6.07, 6.45) is 5.31. The van der Waals surface area contributed by atoms with Gasteiger partial charge in [-0.25, -0.2) is 4.98 Å². The number of ether oxygens (including phenoxy) is 1. The minimum Gasteiger partial charge on any atom is -0.497 e. The van der Waals surface area contributed by atoms with E-state index in [2.05, 4.69) is 28.6 Å². The van der Waals surface area contributed by atoms with E-state index in [1.807, 2.05) is 53.6 Å². The first kappa shape index (κ1) is 20.2. The van der Waals surface area contributed by atoms with Crippen LogP contribution in [0.15, 0.2) is 60.8 Å². The molecule has 0 bridgehead atoms. The topological polar surface area (TPSA) is 47.4 Å². The van der Waals surface area contributed by atoms with Crippen LogP contribution in [0.2, 0.25) is 0 Å². The number of rotatable bonds is 6. The van der Waals surface area contributed by atoms with Gasteiger partial charge >= 0.3 is 0 Å². The largest absolute Gasteiger partial charge is 0.497 e. The van der Waals surface area contributed by atoms with Crippen LogP contribution in [-0.2, 0) is 11.2 Å². The Morgan fingerprint density at radius 3 is 2.63 bits per heavy atom. The zero-order chi connectivity index (χ0) is 20.9. The first-order valence-corrected chi connectivity index (χ1v) is 10.7. The van der Waals surface area contributed by atoms with Crippen molar-refractivity contribution >= 4 is 5.91 Å². The molecule has 5 heteroatoms. The van der Waals surface area contributed by atoms with Crippen molar-refractivity contribution in [1.29, 1.82) is 0 Å². The van der Waals surface area contributed by atoms with Crippen molar-refractivity contribution in [3.8, 4) is 17.1 Å². The molecule has 156 valence electrons. The number of benzene rings is 2. The maximum Gasteiger partial charge on any atom is 0.222 e. The molecule has 1 unspecified atom stereocenters. The second kappa shape index (κ2) is 9.16. The molecule has 0 spiro atoms. The molecule has 0 saturated carbocycles. The third-order valence-electron chi connectivity index (χ3n) is 5.91. The molecule has 4 rings (SSSR count). The van der Waals surface area contributed by atoms with Crippen LogP contribution in [0.3, 0.4) is 0 Å². The van der Waals surface area contributed by atoms with Gasteiger partial charge < -0.3 is 14.2 Å². The fourth-order valence-electron chi connectivity index (χ4n) is 4.30. The van der Waals surface area contributed by atoms with E-state index in [0.29, 0.717) is 6.42 Å². The molecule has 1 atom stereocenters. The van der Waals surface area contributed by atoms with Crippen LogP contribution < -0.4 is 4.74 Å². The highest BCUT2D eigenvalue weighted by molar-refractivity contribution is 5.76. The summed E-state index contributed by atoms with van der Waals surface area (Å²) in [5.41, 5.74) is 3.43. The number of likely N-dealkylation sites (tertiary alicyclic amines) is 1. The van der Waals surface area contributed by atoms with Gasteiger partial charge in [-0.2, -0.15) is 0 Å². The van der Waals surface area contributed by atoms with Gasteiger partial charge in [0.15, 0.2) is 0 Å². The summed E-state index contributed by atoms with van der Waals surface area (Å²) in [5.74, 6) is 2.06. The smallest absolute Gasteiger partial charge is 0.222 e. The molecular weight excluding hydrogens is 374 g/mol. The van der Waals surface area contributed by atoms with Crippen LogP contribution in [0.25, 0.3) is 11.4 Å². The first-order valence-electron chi connectivity index (χ1n) is 10.7. The van der Waals surface area contributed by atoms with Crippen LogP contribution >= 0.6 is 0 Å². The number of piperidine rings is 1. The number of hydrogen-bond acceptors (Lipinski definition) is 3. The maximum absolute atomic E-state index is 12.9. The zero-order valence-electron chi connectivity index (χ0n) is 17.8. The highest BCUT2D eigenvalue weighted by atomic mass is 16.5. The molecule has 0 N–H and O–H groups in total. The van der Waals surface area contributed by atoms with Crippen molar-refractivity contribution in [3.63, 3.8) is 0 Å². The maximum atomic E-state index is 12.9. The van der Waals surface area contributed by atoms with Crippen LogP contribution in [0, 0.1) is 6.92 Å². The Morgan fingerprint density at radius 2 is 1.90 bits per heavy atom. The average molecular weight is 404 g/mol. The summed E-state index contributed by atoms with van der Waals surface area (Å²) in [6, 6.07) is 18.5. The zero-order valence-corrected chi connectivity index (χ0v) is 17.8. The number of methoxy groups -OCH3 is 1. The molecular formula is C25H29N3O2. The van der Waals surface area contributed by atoms with Crippen molar-refractivity contribution in [2.45, 2.75) is 38.6 Å². The predicted octanol–water partition coefficient (Wildman–Crippen LogP) is 4.66. The van der Waals surface area contributed by atoms with E-state index in [9.17, 15) is 4.79 Å². The molecule has 1 fully saturated rings. The van der Waals surface area contributed by atoms with Crippen molar-refractivity contribution in [2.75, 3.05) is 20.2 Å². The molecule has 5 nitrogen and oxygen atoms in total. The lowest BCUT2D eigenvalue weighted by Crippen LogP contribution is -2.41. The Kier molecular flexibility index (Phi) is 6.17. The van der Waals surface area contributed by atoms with Crippen LogP contribution in [0.5, 0.6) is 5.75 Å². The van der Waals surface area contributed by atoms with Gasteiger partial charge in [-0.1, -0.05) is 42.5 Å². The quantitative estimate of drug-likeness (QED) is 0.601. The van der Waals surface area contributed by atoms with E-state index in [4.69, 9.17) is 4.74 Å². The fraction of sp³-hybridized carbons (Fsp3) is 0.360. The van der Waals surface area contributed by atoms with Gasteiger partial charge in [0.1, 0.15) is 11.6 Å². The lowest BCUT2D eigenvalue weighted by molar-refractivity contribution is -0.132. The Labute approximate surface area is 178 Å². The summed E-state index contributed by atoms with van der Waals surface area (Å²) >= 11 is 0. The molecule has 2 heterocycles. The molecule has 1 aliphatic rings. The fourth-order valence-corrected chi connectivity index (χ4v) is 4.30. The van der Waals surface area contributed by atoms with Crippen molar-refractivity contribution in [2.24, 2.45) is 0 Å². The van der Waals surface area contributed by atoms with Gasteiger partial charge in [-0.3, -0.25) is 4.79 Å². The van der Waals surface area contributed by atoms with E-state index < -0.39 is 0 Å². The third-order valence-corrected chi connectivity index (χ3v) is 5.91. The predicted molar refractivity (Wildman–Crippen MR) is 119 cm³/mol. The molecule has 3 aromatic rings. The molecule has 1 aromatic heterocycles. The summed E-state index contributed by atoms with van der Waals surface area (Å²) in [7, 11) is 1.66. The third kappa shape index (κ3) is 4.40. The van der Waals surface area contributed by atoms with Gasteiger partial charge in [-0.05, 0) is 43.9 Å². The van der Waals surface area contributed by atoms with Gasteiger partial charge in [0.25, 0.3) is 0 Å². The summed E-state index contributed by atoms with van der Waals surface area (Å²) < 4.78 is 7.52. The van der Waals surface area contributed by atoms with Crippen molar-refractivity contribution < 1.29 is 9.53 Å². The van der Waals surface area contributed by atoms with E-state index in [0.717, 1.165) is 60.7 Å². The number of hydrogen-bond donors (Lipinski definition) is 0. The lowest BCUT2D eigenvalue weighted by atomic mass is 10.0. The van der Waals surface area contributed by atoms with E-state index in [1.165, 1.54) is 0 Å². The van der Waals surface area contributed by atoms with Crippen molar-refractivity contribution in [3.05, 3.63) is 72.1 Å². The Hall–Kier alpha value is -3.08. The van der Waals surface area contributed by atoms with E-state index >= 15 is 0 Å². The second-order valence-electron chi connectivity index (χ2n) is 7.94. The normalized spacial score (nSPS) is 16.5. The molecule has 1 amide bonds. The van der Waals surface area contributed by atoms with Crippen LogP contribution in [0.1, 0.15) is 36.6 Å². The van der Waals surface area contributed by atoms with Gasteiger partial charge in [0.05, 0.1) is 13.2 Å². The highest BCUT2D eigenvalue weighted by Crippen LogP contribution is 2.29. The standard InChI is InChI=1S/C25H29N3O2/c1-19-17-26-25(21-7-4-3-5-8-21)28(19)22-9-6-16-27(18-22)24(29)15-12-20-10-13-23(30-2)14-11-20/h3-5,7-8,10-11,13-14,17,22H,6,9,12,15-16,18H2,1-2H3. The highest BCUT2D eigenvalue weighted by Gasteiger charge is 2.27. The summed E-state index contributed by atoms with van der Waals surface area (Å²) in [5, 5.41) is 0. The van der Waals surface area contributed by atoms with Crippen molar-refractivity contribution in [1.82, 2.24) is 14.5 Å². The SMILES string of the molecule is COc1ccc(CCC(=O)N2CCCC(n3c(C)cnc3-c3ccccc3)C2)cc1. The minimum atomic E-state index is 0.231. The monoisotopic (exact) mass is 403 g/mol. The number of imidazole rings is 1. The number of carbonyl (C=O) groups is 1. The first-order chi connectivity index (χ1) is 14.7. The Balaban J connectivity index is 1.43. The van der Waals surface area contributed by atoms with E-state index in [1.54, 1.807) is 7.11 Å².